The zero-order valence-corrected chi connectivity index (χ0v) is 12.6. The van der Waals surface area contributed by atoms with E-state index in [1.165, 1.54) is 0 Å². The Morgan fingerprint density at radius 3 is 2.73 bits per heavy atom. The first kappa shape index (κ1) is 14.5. The minimum Gasteiger partial charge on any atom is -0.377 e. The minimum absolute atomic E-state index is 0.280. The van der Waals surface area contributed by atoms with Gasteiger partial charge in [-0.1, -0.05) is 18.2 Å². The largest absolute Gasteiger partial charge is 0.377 e. The van der Waals surface area contributed by atoms with Gasteiger partial charge in [0.1, 0.15) is 0 Å². The van der Waals surface area contributed by atoms with Crippen molar-refractivity contribution in [2.24, 2.45) is 0 Å². The van der Waals surface area contributed by atoms with Gasteiger partial charge in [-0.2, -0.15) is 9.90 Å². The van der Waals surface area contributed by atoms with Crippen LogP contribution in [0, 0.1) is 0 Å². The summed E-state index contributed by atoms with van der Waals surface area (Å²) in [6.45, 7) is 0. The number of aromatic amines is 1. The maximum absolute atomic E-state index is 11.1. The summed E-state index contributed by atoms with van der Waals surface area (Å²) in [5.41, 5.74) is -1.12. The molecule has 0 fully saturated rings. The molecular weight excluding hydrogens is 286 g/mol. The number of allylic oxidation sites excluding steroid dienone is 2. The molecular formula is C12H18N9O+. The topological polar surface area (TPSA) is 118 Å². The van der Waals surface area contributed by atoms with Crippen molar-refractivity contribution in [2.75, 3.05) is 21.1 Å². The van der Waals surface area contributed by atoms with Gasteiger partial charge in [-0.3, -0.25) is 0 Å². The Balaban J connectivity index is 2.11. The lowest BCUT2D eigenvalue weighted by Gasteiger charge is -2.42. The average Bonchev–Trinajstić information content (AvgIpc) is 3.07. The zero-order valence-electron chi connectivity index (χ0n) is 12.6. The number of aliphatic hydroxyl groups is 1. The number of hydrogen-bond donors (Lipinski definition) is 2. The molecule has 0 saturated heterocycles. The predicted octanol–water partition coefficient (Wildman–Crippen LogP) is -0.695. The number of hydrogen-bond acceptors (Lipinski definition) is 7. The van der Waals surface area contributed by atoms with E-state index in [-0.39, 0.29) is 5.82 Å². The maximum atomic E-state index is 11.1. The first-order valence-corrected chi connectivity index (χ1v) is 6.81. The van der Waals surface area contributed by atoms with Crippen molar-refractivity contribution in [3.63, 3.8) is 0 Å². The number of rotatable bonds is 4. The standard InChI is InChI=1S/C12H18N9O/c1-21(2,3)11(12(22)7-5-4-6-8-12)20-10(15-18-19-20)9-13-16-17-14-9/h4-7,11,22H,8H2,1-3H3,(H,13,14,16,17)/q+1. The van der Waals surface area contributed by atoms with Crippen LogP contribution in [0.1, 0.15) is 12.6 Å². The molecule has 0 amide bonds. The van der Waals surface area contributed by atoms with Gasteiger partial charge in [-0.15, -0.1) is 15.3 Å². The first-order valence-electron chi connectivity index (χ1n) is 6.81. The van der Waals surface area contributed by atoms with Crippen LogP contribution < -0.4 is 0 Å². The fraction of sp³-hybridized carbons (Fsp3) is 0.500. The molecule has 0 bridgehead atoms. The number of aromatic nitrogens is 8. The van der Waals surface area contributed by atoms with Crippen molar-refractivity contribution < 1.29 is 9.59 Å². The molecule has 2 heterocycles. The molecule has 1 aliphatic rings. The monoisotopic (exact) mass is 304 g/mol. The molecule has 2 aromatic heterocycles. The molecule has 0 aliphatic heterocycles. The highest BCUT2D eigenvalue weighted by molar-refractivity contribution is 5.40. The molecule has 116 valence electrons. The second kappa shape index (κ2) is 5.07. The highest BCUT2D eigenvalue weighted by Crippen LogP contribution is 2.36. The molecule has 0 aromatic carbocycles. The number of nitrogens with one attached hydrogen (secondary N) is 1. The smallest absolute Gasteiger partial charge is 0.243 e. The van der Waals surface area contributed by atoms with Gasteiger partial charge in [0, 0.05) is 6.42 Å². The Labute approximate surface area is 126 Å². The van der Waals surface area contributed by atoms with Crippen molar-refractivity contribution in [1.82, 2.24) is 40.8 Å². The molecule has 2 atom stereocenters. The third kappa shape index (κ3) is 2.42. The summed E-state index contributed by atoms with van der Waals surface area (Å²) in [5.74, 6) is 0.630. The minimum atomic E-state index is -1.12. The molecule has 10 heteroatoms. The number of nitrogens with zero attached hydrogens (tertiary/aromatic N) is 8. The van der Waals surface area contributed by atoms with E-state index in [4.69, 9.17) is 0 Å². The van der Waals surface area contributed by atoms with Crippen molar-refractivity contribution in [3.8, 4) is 11.6 Å². The second-order valence-electron chi connectivity index (χ2n) is 6.15. The van der Waals surface area contributed by atoms with E-state index in [1.54, 1.807) is 10.8 Å². The molecule has 2 unspecified atom stereocenters. The molecule has 3 rings (SSSR count). The second-order valence-corrected chi connectivity index (χ2v) is 6.15. The molecule has 22 heavy (non-hydrogen) atoms. The number of quaternary nitrogens is 1. The van der Waals surface area contributed by atoms with Crippen LogP contribution in [-0.4, -0.2) is 77.2 Å². The molecule has 2 aromatic rings. The van der Waals surface area contributed by atoms with Crippen LogP contribution in [0.3, 0.4) is 0 Å². The Morgan fingerprint density at radius 1 is 1.32 bits per heavy atom. The predicted molar refractivity (Wildman–Crippen MR) is 75.9 cm³/mol. The summed E-state index contributed by atoms with van der Waals surface area (Å²) < 4.78 is 1.96. The van der Waals surface area contributed by atoms with Gasteiger partial charge < -0.3 is 9.59 Å². The van der Waals surface area contributed by atoms with E-state index in [0.717, 1.165) is 0 Å². The summed E-state index contributed by atoms with van der Waals surface area (Å²) in [4.78, 5) is 0. The molecule has 0 saturated carbocycles. The molecule has 0 radical (unpaired) electrons. The van der Waals surface area contributed by atoms with Gasteiger partial charge in [0.2, 0.25) is 17.8 Å². The van der Waals surface area contributed by atoms with Crippen molar-refractivity contribution in [1.29, 1.82) is 0 Å². The van der Waals surface area contributed by atoms with Gasteiger partial charge in [0.15, 0.2) is 5.60 Å². The van der Waals surface area contributed by atoms with E-state index in [2.05, 4.69) is 36.1 Å². The van der Waals surface area contributed by atoms with Crippen LogP contribution in [0.5, 0.6) is 0 Å². The van der Waals surface area contributed by atoms with E-state index >= 15 is 0 Å². The summed E-state index contributed by atoms with van der Waals surface area (Å²) in [5, 5.41) is 36.6. The summed E-state index contributed by atoms with van der Waals surface area (Å²) in [6, 6.07) is 0. The Bertz CT molecular complexity index is 697. The lowest BCUT2D eigenvalue weighted by atomic mass is 9.90. The zero-order chi connectivity index (χ0) is 15.8. The van der Waals surface area contributed by atoms with Gasteiger partial charge in [-0.05, 0) is 21.7 Å². The third-order valence-electron chi connectivity index (χ3n) is 3.53. The highest BCUT2D eigenvalue weighted by atomic mass is 16.3. The van der Waals surface area contributed by atoms with Crippen molar-refractivity contribution in [2.45, 2.75) is 18.2 Å². The van der Waals surface area contributed by atoms with Crippen LogP contribution >= 0.6 is 0 Å². The lowest BCUT2D eigenvalue weighted by molar-refractivity contribution is -0.920. The van der Waals surface area contributed by atoms with E-state index in [9.17, 15) is 5.11 Å². The number of H-pyrrole nitrogens is 1. The Hall–Kier alpha value is -2.46. The summed E-state index contributed by atoms with van der Waals surface area (Å²) in [6.07, 6.45) is 7.42. The van der Waals surface area contributed by atoms with E-state index in [1.807, 2.05) is 39.4 Å². The Kier molecular flexibility index (Phi) is 3.34. The highest BCUT2D eigenvalue weighted by Gasteiger charge is 2.47. The van der Waals surface area contributed by atoms with Gasteiger partial charge >= 0.3 is 0 Å². The number of tetrazole rings is 2. The first-order chi connectivity index (χ1) is 10.4. The van der Waals surface area contributed by atoms with Crippen LogP contribution in [0.4, 0.5) is 0 Å². The van der Waals surface area contributed by atoms with Gasteiger partial charge in [0.25, 0.3) is 0 Å². The maximum Gasteiger partial charge on any atom is 0.243 e. The normalized spacial score (nSPS) is 22.9. The van der Waals surface area contributed by atoms with Gasteiger partial charge in [0.05, 0.1) is 21.1 Å². The van der Waals surface area contributed by atoms with Crippen LogP contribution in [-0.2, 0) is 0 Å². The van der Waals surface area contributed by atoms with Crippen LogP contribution in [0.2, 0.25) is 0 Å². The molecule has 1 aliphatic carbocycles. The quantitative estimate of drug-likeness (QED) is 0.717. The number of likely N-dealkylation sites (N-methyl/N-ethyl adjacent to an activating group) is 1. The third-order valence-corrected chi connectivity index (χ3v) is 3.53. The molecule has 0 spiro atoms. The van der Waals surface area contributed by atoms with Crippen molar-refractivity contribution in [3.05, 3.63) is 24.3 Å². The van der Waals surface area contributed by atoms with Crippen molar-refractivity contribution >= 4 is 0 Å². The average molecular weight is 304 g/mol. The van der Waals surface area contributed by atoms with Crippen LogP contribution in [0.15, 0.2) is 24.3 Å². The molecule has 10 nitrogen and oxygen atoms in total. The Morgan fingerprint density at radius 2 is 2.14 bits per heavy atom. The van der Waals surface area contributed by atoms with Crippen LogP contribution in [0.25, 0.3) is 11.6 Å². The summed E-state index contributed by atoms with van der Waals surface area (Å²) >= 11 is 0. The summed E-state index contributed by atoms with van der Waals surface area (Å²) in [7, 11) is 5.91. The van der Waals surface area contributed by atoms with Gasteiger partial charge in [-0.25, -0.2) is 0 Å². The van der Waals surface area contributed by atoms with E-state index in [0.29, 0.717) is 16.7 Å². The fourth-order valence-electron chi connectivity index (χ4n) is 2.79. The molecule has 2 N–H and O–H groups in total. The van der Waals surface area contributed by atoms with E-state index < -0.39 is 11.8 Å². The SMILES string of the molecule is C[N+](C)(C)C(n1nnnc1-c1nn[nH]n1)C1(O)C=CC=CC1. The lowest BCUT2D eigenvalue weighted by Crippen LogP contribution is -2.55. The fourth-order valence-corrected chi connectivity index (χ4v) is 2.79.